The van der Waals surface area contributed by atoms with Gasteiger partial charge in [-0.15, -0.1) is 0 Å². The van der Waals surface area contributed by atoms with Crippen molar-refractivity contribution in [3.05, 3.63) is 94.8 Å². The molecule has 0 radical (unpaired) electrons. The lowest BCUT2D eigenvalue weighted by Gasteiger charge is -2.19. The van der Waals surface area contributed by atoms with Gasteiger partial charge < -0.3 is 16.4 Å². The SMILES string of the molecule is CNC(N)=O.O=c1cc(Nc2ccccc2)n(-c2ccccc2)c2nccc(C(F)(F)F)c12. The second kappa shape index (κ2) is 9.86. The monoisotopic (exact) mass is 455 g/mol. The minimum atomic E-state index is -4.66. The maximum atomic E-state index is 13.5. The van der Waals surface area contributed by atoms with Crippen LogP contribution in [0.1, 0.15) is 5.56 Å². The van der Waals surface area contributed by atoms with Crippen LogP contribution in [-0.2, 0) is 6.18 Å². The summed E-state index contributed by atoms with van der Waals surface area (Å²) in [6.07, 6.45) is -3.60. The molecule has 7 nitrogen and oxygen atoms in total. The largest absolute Gasteiger partial charge is 0.417 e. The second-order valence-electron chi connectivity index (χ2n) is 6.72. The Balaban J connectivity index is 0.000000555. The maximum Gasteiger partial charge on any atom is 0.417 e. The van der Waals surface area contributed by atoms with E-state index in [2.05, 4.69) is 21.4 Å². The van der Waals surface area contributed by atoms with Crippen molar-refractivity contribution in [3.63, 3.8) is 0 Å². The number of nitrogens with zero attached hydrogens (tertiary/aromatic N) is 2. The highest BCUT2D eigenvalue weighted by Crippen LogP contribution is 2.34. The van der Waals surface area contributed by atoms with Gasteiger partial charge in [0.1, 0.15) is 5.82 Å². The van der Waals surface area contributed by atoms with Gasteiger partial charge in [0, 0.05) is 30.7 Å². The molecule has 4 rings (SSSR count). The molecular formula is C23H20F3N5O2. The number of carbonyl (C=O) groups excluding carboxylic acids is 1. The molecule has 2 amide bonds. The second-order valence-corrected chi connectivity index (χ2v) is 6.72. The van der Waals surface area contributed by atoms with Crippen LogP contribution >= 0.6 is 0 Å². The molecule has 4 aromatic rings. The number of nitrogens with two attached hydrogens (primary N) is 1. The van der Waals surface area contributed by atoms with Gasteiger partial charge in [0.2, 0.25) is 0 Å². The smallest absolute Gasteiger partial charge is 0.352 e. The molecule has 0 saturated heterocycles. The first-order valence-corrected chi connectivity index (χ1v) is 9.69. The quantitative estimate of drug-likeness (QED) is 0.425. The van der Waals surface area contributed by atoms with E-state index in [4.69, 9.17) is 0 Å². The molecule has 170 valence electrons. The lowest BCUT2D eigenvalue weighted by Crippen LogP contribution is -2.24. The molecule has 2 heterocycles. The zero-order chi connectivity index (χ0) is 24.0. The number of halogens is 3. The Bertz CT molecular complexity index is 1310. The molecule has 0 aliphatic carbocycles. The van der Waals surface area contributed by atoms with E-state index >= 15 is 0 Å². The van der Waals surface area contributed by atoms with Crippen molar-refractivity contribution >= 4 is 28.6 Å². The Morgan fingerprint density at radius 2 is 1.58 bits per heavy atom. The Morgan fingerprint density at radius 3 is 2.12 bits per heavy atom. The Labute approximate surface area is 186 Å². The predicted octanol–water partition coefficient (Wildman–Crippen LogP) is 4.43. The highest BCUT2D eigenvalue weighted by molar-refractivity contribution is 5.84. The number of nitrogens with one attached hydrogen (secondary N) is 2. The number of rotatable bonds is 3. The first-order chi connectivity index (χ1) is 15.7. The van der Waals surface area contributed by atoms with E-state index in [1.165, 1.54) is 17.7 Å². The van der Waals surface area contributed by atoms with Crippen molar-refractivity contribution in [1.82, 2.24) is 14.9 Å². The van der Waals surface area contributed by atoms with Crippen molar-refractivity contribution in [3.8, 4) is 5.69 Å². The highest BCUT2D eigenvalue weighted by atomic mass is 19.4. The molecule has 0 spiro atoms. The molecule has 33 heavy (non-hydrogen) atoms. The fraction of sp³-hybridized carbons (Fsp3) is 0.0870. The topological polar surface area (TPSA) is 102 Å². The summed E-state index contributed by atoms with van der Waals surface area (Å²) in [5.74, 6) is 0.321. The van der Waals surface area contributed by atoms with Crippen molar-refractivity contribution < 1.29 is 18.0 Å². The van der Waals surface area contributed by atoms with Gasteiger partial charge in [-0.25, -0.2) is 9.78 Å². The summed E-state index contributed by atoms with van der Waals surface area (Å²) in [6, 6.07) is 19.4. The summed E-state index contributed by atoms with van der Waals surface area (Å²) in [5.41, 5.74) is 4.00. The van der Waals surface area contributed by atoms with Crippen molar-refractivity contribution in [2.75, 3.05) is 12.4 Å². The molecule has 0 aliphatic heterocycles. The van der Waals surface area contributed by atoms with Crippen LogP contribution in [0, 0.1) is 0 Å². The van der Waals surface area contributed by atoms with Crippen LogP contribution in [0.15, 0.2) is 83.8 Å². The third-order valence-corrected chi connectivity index (χ3v) is 4.51. The number of hydrogen-bond acceptors (Lipinski definition) is 4. The van der Waals surface area contributed by atoms with E-state index in [9.17, 15) is 22.8 Å². The molecule has 0 saturated carbocycles. The lowest BCUT2D eigenvalue weighted by atomic mass is 10.1. The summed E-state index contributed by atoms with van der Waals surface area (Å²) >= 11 is 0. The molecule has 0 bridgehead atoms. The number of primary amides is 1. The molecule has 0 unspecified atom stereocenters. The highest BCUT2D eigenvalue weighted by Gasteiger charge is 2.34. The fourth-order valence-corrected chi connectivity index (χ4v) is 3.07. The van der Waals surface area contributed by atoms with E-state index in [0.29, 0.717) is 17.2 Å². The Kier molecular flexibility index (Phi) is 6.97. The van der Waals surface area contributed by atoms with Gasteiger partial charge in [0.15, 0.2) is 11.1 Å². The number of aromatic nitrogens is 2. The van der Waals surface area contributed by atoms with E-state index in [1.54, 1.807) is 42.5 Å². The summed E-state index contributed by atoms with van der Waals surface area (Å²) in [7, 11) is 1.47. The van der Waals surface area contributed by atoms with Gasteiger partial charge in [0.25, 0.3) is 0 Å². The first-order valence-electron chi connectivity index (χ1n) is 9.69. The van der Waals surface area contributed by atoms with Crippen LogP contribution in [-0.4, -0.2) is 22.6 Å². The zero-order valence-corrected chi connectivity index (χ0v) is 17.4. The average molecular weight is 455 g/mol. The van der Waals surface area contributed by atoms with E-state index < -0.39 is 28.6 Å². The number of hydrogen-bond donors (Lipinski definition) is 3. The number of para-hydroxylation sites is 2. The van der Waals surface area contributed by atoms with Gasteiger partial charge in [0.05, 0.1) is 10.9 Å². The standard InChI is InChI=1S/C21H14F3N3O.C2H6N2O/c22-21(23,24)16-11-12-25-20-19(16)17(28)13-18(26-14-7-3-1-4-8-14)27(20)15-9-5-2-6-10-15;1-4-2(3)5/h1-13,26H;1H3,(H3,3,4,5). The third kappa shape index (κ3) is 5.48. The van der Waals surface area contributed by atoms with Gasteiger partial charge in [-0.05, 0) is 30.3 Å². The summed E-state index contributed by atoms with van der Waals surface area (Å²) in [4.78, 5) is 26.2. The van der Waals surface area contributed by atoms with Crippen LogP contribution in [0.25, 0.3) is 16.7 Å². The van der Waals surface area contributed by atoms with Crippen molar-refractivity contribution in [1.29, 1.82) is 0 Å². The van der Waals surface area contributed by atoms with Crippen molar-refractivity contribution in [2.24, 2.45) is 5.73 Å². The number of anilines is 2. The van der Waals surface area contributed by atoms with E-state index in [1.807, 2.05) is 18.2 Å². The predicted molar refractivity (Wildman–Crippen MR) is 121 cm³/mol. The molecule has 2 aromatic carbocycles. The number of alkyl halides is 3. The van der Waals surface area contributed by atoms with E-state index in [0.717, 1.165) is 12.3 Å². The number of pyridine rings is 2. The number of carbonyl (C=O) groups is 1. The molecule has 0 atom stereocenters. The summed E-state index contributed by atoms with van der Waals surface area (Å²) < 4.78 is 42.0. The van der Waals surface area contributed by atoms with E-state index in [-0.39, 0.29) is 5.65 Å². The number of benzene rings is 2. The third-order valence-electron chi connectivity index (χ3n) is 4.51. The Morgan fingerprint density at radius 1 is 1.00 bits per heavy atom. The van der Waals surface area contributed by atoms with Crippen molar-refractivity contribution in [2.45, 2.75) is 6.18 Å². The minimum Gasteiger partial charge on any atom is -0.352 e. The van der Waals surface area contributed by atoms with Crippen LogP contribution < -0.4 is 21.8 Å². The van der Waals surface area contributed by atoms with Crippen LogP contribution in [0.5, 0.6) is 0 Å². The first kappa shape index (κ1) is 23.3. The molecule has 4 N–H and O–H groups in total. The van der Waals surface area contributed by atoms with Crippen LogP contribution in [0.2, 0.25) is 0 Å². The summed E-state index contributed by atoms with van der Waals surface area (Å²) in [5, 5.41) is 4.81. The number of amides is 2. The summed E-state index contributed by atoms with van der Waals surface area (Å²) in [6.45, 7) is 0. The normalized spacial score (nSPS) is 10.8. The number of fused-ring (bicyclic) bond motifs is 1. The van der Waals surface area contributed by atoms with Gasteiger partial charge in [-0.3, -0.25) is 9.36 Å². The maximum absolute atomic E-state index is 13.5. The van der Waals surface area contributed by atoms with Crippen LogP contribution in [0.4, 0.5) is 29.5 Å². The zero-order valence-electron chi connectivity index (χ0n) is 17.4. The van der Waals surface area contributed by atoms with Crippen LogP contribution in [0.3, 0.4) is 0 Å². The molecular weight excluding hydrogens is 435 g/mol. The van der Waals surface area contributed by atoms with Gasteiger partial charge in [-0.1, -0.05) is 36.4 Å². The number of urea groups is 1. The van der Waals surface area contributed by atoms with Gasteiger partial charge >= 0.3 is 12.2 Å². The minimum absolute atomic E-state index is 0.0630. The molecule has 2 aromatic heterocycles. The average Bonchev–Trinajstić information content (AvgIpc) is 2.80. The lowest BCUT2D eigenvalue weighted by molar-refractivity contribution is -0.136. The molecule has 0 fully saturated rings. The molecule has 10 heteroatoms. The Hall–Kier alpha value is -4.34. The van der Waals surface area contributed by atoms with Gasteiger partial charge in [-0.2, -0.15) is 13.2 Å². The fourth-order valence-electron chi connectivity index (χ4n) is 3.07. The molecule has 0 aliphatic rings.